The van der Waals surface area contributed by atoms with Crippen LogP contribution in [-0.2, 0) is 16.4 Å². The molecule has 0 unspecified atom stereocenters. The Morgan fingerprint density at radius 1 is 1.10 bits per heavy atom. The number of aryl methyl sites for hydroxylation is 1. The highest BCUT2D eigenvalue weighted by atomic mass is 127. The van der Waals surface area contributed by atoms with Gasteiger partial charge in [0.2, 0.25) is 0 Å². The molecule has 6 heteroatoms. The maximum absolute atomic E-state index is 12.3. The van der Waals surface area contributed by atoms with Gasteiger partial charge in [-0.1, -0.05) is 12.1 Å². The minimum Gasteiger partial charge on any atom is -0.396 e. The van der Waals surface area contributed by atoms with Crippen LogP contribution in [0.5, 0.6) is 0 Å². The predicted octanol–water partition coefficient (Wildman–Crippen LogP) is 3.02. The molecular weight excluding hydrogens is 401 g/mol. The first kappa shape index (κ1) is 16.3. The van der Waals surface area contributed by atoms with Gasteiger partial charge in [-0.05, 0) is 77.4 Å². The largest absolute Gasteiger partial charge is 0.396 e. The number of benzene rings is 2. The van der Waals surface area contributed by atoms with Crippen LogP contribution in [-0.4, -0.2) is 20.1 Å². The molecule has 2 aromatic carbocycles. The fourth-order valence-corrected chi connectivity index (χ4v) is 3.31. The maximum Gasteiger partial charge on any atom is 0.261 e. The van der Waals surface area contributed by atoms with Crippen LogP contribution in [0.15, 0.2) is 53.4 Å². The lowest BCUT2D eigenvalue weighted by atomic mass is 10.1. The van der Waals surface area contributed by atoms with Crippen molar-refractivity contribution in [3.05, 3.63) is 57.7 Å². The lowest BCUT2D eigenvalue weighted by Crippen LogP contribution is -2.13. The van der Waals surface area contributed by atoms with E-state index in [4.69, 9.17) is 5.11 Å². The third-order valence-corrected chi connectivity index (χ3v) is 5.04. The molecule has 0 saturated carbocycles. The van der Waals surface area contributed by atoms with Crippen molar-refractivity contribution in [2.24, 2.45) is 0 Å². The number of anilines is 1. The molecule has 4 nitrogen and oxygen atoms in total. The molecule has 2 rings (SSSR count). The van der Waals surface area contributed by atoms with Crippen LogP contribution in [0.2, 0.25) is 0 Å². The molecule has 2 aromatic rings. The number of hydrogen-bond acceptors (Lipinski definition) is 3. The lowest BCUT2D eigenvalue weighted by Gasteiger charge is -2.09. The van der Waals surface area contributed by atoms with E-state index in [0.29, 0.717) is 12.1 Å². The Hall–Kier alpha value is -1.12. The molecule has 0 spiro atoms. The summed E-state index contributed by atoms with van der Waals surface area (Å²) in [5, 5.41) is 8.84. The van der Waals surface area contributed by atoms with Crippen molar-refractivity contribution >= 4 is 38.3 Å². The summed E-state index contributed by atoms with van der Waals surface area (Å²) in [7, 11) is -3.57. The van der Waals surface area contributed by atoms with E-state index in [9.17, 15) is 8.42 Å². The van der Waals surface area contributed by atoms with Gasteiger partial charge in [0.25, 0.3) is 10.0 Å². The van der Waals surface area contributed by atoms with Gasteiger partial charge in [-0.15, -0.1) is 0 Å². The van der Waals surface area contributed by atoms with Gasteiger partial charge in [-0.25, -0.2) is 8.42 Å². The van der Waals surface area contributed by atoms with Gasteiger partial charge in [-0.2, -0.15) is 0 Å². The quantitative estimate of drug-likeness (QED) is 0.711. The van der Waals surface area contributed by atoms with Crippen LogP contribution in [0.4, 0.5) is 5.69 Å². The highest BCUT2D eigenvalue weighted by Crippen LogP contribution is 2.18. The number of hydrogen-bond donors (Lipinski definition) is 2. The zero-order chi connectivity index (χ0) is 15.3. The Bertz CT molecular complexity index is 699. The van der Waals surface area contributed by atoms with Crippen LogP contribution in [0.25, 0.3) is 0 Å². The van der Waals surface area contributed by atoms with E-state index >= 15 is 0 Å². The number of nitrogens with one attached hydrogen (secondary N) is 1. The molecule has 2 N–H and O–H groups in total. The van der Waals surface area contributed by atoms with Crippen LogP contribution in [0, 0.1) is 3.57 Å². The van der Waals surface area contributed by atoms with Crippen molar-refractivity contribution in [1.29, 1.82) is 0 Å². The number of rotatable bonds is 6. The molecule has 0 aromatic heterocycles. The van der Waals surface area contributed by atoms with Gasteiger partial charge in [-0.3, -0.25) is 4.72 Å². The van der Waals surface area contributed by atoms with E-state index in [2.05, 4.69) is 27.3 Å². The zero-order valence-corrected chi connectivity index (χ0v) is 14.3. The van der Waals surface area contributed by atoms with E-state index < -0.39 is 10.0 Å². The molecule has 0 bridgehead atoms. The van der Waals surface area contributed by atoms with Crippen LogP contribution < -0.4 is 4.72 Å². The first-order valence-corrected chi connectivity index (χ1v) is 9.05. The molecule has 21 heavy (non-hydrogen) atoms. The lowest BCUT2D eigenvalue weighted by molar-refractivity contribution is 0.288. The number of sulfonamides is 1. The summed E-state index contributed by atoms with van der Waals surface area (Å²) in [6, 6.07) is 13.9. The Morgan fingerprint density at radius 2 is 1.81 bits per heavy atom. The first-order chi connectivity index (χ1) is 10.0. The predicted molar refractivity (Wildman–Crippen MR) is 91.8 cm³/mol. The summed E-state index contributed by atoms with van der Waals surface area (Å²) in [6.07, 6.45) is 1.38. The summed E-state index contributed by atoms with van der Waals surface area (Å²) < 4.78 is 28.1. The van der Waals surface area contributed by atoms with Gasteiger partial charge >= 0.3 is 0 Å². The maximum atomic E-state index is 12.3. The third-order valence-electron chi connectivity index (χ3n) is 2.93. The van der Waals surface area contributed by atoms with Crippen molar-refractivity contribution in [2.45, 2.75) is 17.7 Å². The molecule has 0 amide bonds. The monoisotopic (exact) mass is 417 g/mol. The Morgan fingerprint density at radius 3 is 2.48 bits per heavy atom. The molecule has 0 atom stereocenters. The average Bonchev–Trinajstić information content (AvgIpc) is 2.45. The summed E-state index contributed by atoms with van der Waals surface area (Å²) in [4.78, 5) is 0.240. The average molecular weight is 417 g/mol. The highest BCUT2D eigenvalue weighted by Gasteiger charge is 2.13. The SMILES string of the molecule is O=S(=O)(Nc1cccc(CCCO)c1)c1ccc(I)cc1. The Labute approximate surface area is 138 Å². The van der Waals surface area contributed by atoms with Crippen molar-refractivity contribution in [3.8, 4) is 0 Å². The summed E-state index contributed by atoms with van der Waals surface area (Å²) >= 11 is 2.13. The van der Waals surface area contributed by atoms with Gasteiger partial charge in [0.15, 0.2) is 0 Å². The summed E-state index contributed by atoms with van der Waals surface area (Å²) in [5.41, 5.74) is 1.52. The highest BCUT2D eigenvalue weighted by molar-refractivity contribution is 14.1. The van der Waals surface area contributed by atoms with Crippen molar-refractivity contribution in [1.82, 2.24) is 0 Å². The van der Waals surface area contributed by atoms with Gasteiger partial charge in [0, 0.05) is 15.9 Å². The molecular formula is C15H16INO3S. The topological polar surface area (TPSA) is 66.4 Å². The first-order valence-electron chi connectivity index (χ1n) is 6.49. The smallest absolute Gasteiger partial charge is 0.261 e. The number of aliphatic hydroxyl groups excluding tert-OH is 1. The molecule has 0 radical (unpaired) electrons. The van der Waals surface area contributed by atoms with Crippen LogP contribution >= 0.6 is 22.6 Å². The number of aliphatic hydroxyl groups is 1. The second-order valence-corrected chi connectivity index (χ2v) is 7.51. The minimum absolute atomic E-state index is 0.124. The Balaban J connectivity index is 2.18. The fourth-order valence-electron chi connectivity index (χ4n) is 1.90. The fraction of sp³-hybridized carbons (Fsp3) is 0.200. The normalized spacial score (nSPS) is 11.3. The molecule has 0 heterocycles. The molecule has 0 aliphatic heterocycles. The second kappa shape index (κ2) is 7.24. The van der Waals surface area contributed by atoms with Crippen molar-refractivity contribution in [3.63, 3.8) is 0 Å². The van der Waals surface area contributed by atoms with Crippen LogP contribution in [0.1, 0.15) is 12.0 Å². The van der Waals surface area contributed by atoms with Gasteiger partial charge < -0.3 is 5.11 Å². The van der Waals surface area contributed by atoms with Crippen LogP contribution in [0.3, 0.4) is 0 Å². The van der Waals surface area contributed by atoms with E-state index in [1.807, 2.05) is 6.07 Å². The van der Waals surface area contributed by atoms with Gasteiger partial charge in [0.05, 0.1) is 4.90 Å². The van der Waals surface area contributed by atoms with Crippen molar-refractivity contribution < 1.29 is 13.5 Å². The summed E-state index contributed by atoms with van der Waals surface area (Å²) in [5.74, 6) is 0. The number of halogens is 1. The molecule has 0 saturated heterocycles. The minimum atomic E-state index is -3.57. The van der Waals surface area contributed by atoms with E-state index in [1.54, 1.807) is 42.5 Å². The van der Waals surface area contributed by atoms with Gasteiger partial charge in [0.1, 0.15) is 0 Å². The molecule has 0 aliphatic rings. The Kier molecular flexibility index (Phi) is 5.60. The van der Waals surface area contributed by atoms with E-state index in [-0.39, 0.29) is 11.5 Å². The third kappa shape index (κ3) is 4.69. The van der Waals surface area contributed by atoms with Crippen molar-refractivity contribution in [2.75, 3.05) is 11.3 Å². The standard InChI is InChI=1S/C15H16INO3S/c16-13-6-8-15(9-7-13)21(19,20)17-14-5-1-3-12(11-14)4-2-10-18/h1,3,5-9,11,17-18H,2,4,10H2. The van der Waals surface area contributed by atoms with E-state index in [1.165, 1.54) is 0 Å². The molecule has 0 fully saturated rings. The van der Waals surface area contributed by atoms with E-state index in [0.717, 1.165) is 15.6 Å². The summed E-state index contributed by atoms with van der Waals surface area (Å²) in [6.45, 7) is 0.124. The molecule has 0 aliphatic carbocycles. The molecule has 112 valence electrons. The second-order valence-electron chi connectivity index (χ2n) is 4.59. The zero-order valence-electron chi connectivity index (χ0n) is 11.3.